The maximum atomic E-state index is 16.3. The summed E-state index contributed by atoms with van der Waals surface area (Å²) in [6.45, 7) is 3.86. The summed E-state index contributed by atoms with van der Waals surface area (Å²) in [4.78, 5) is 36.8. The molecule has 0 spiro atoms. The van der Waals surface area contributed by atoms with E-state index in [9.17, 15) is 35.6 Å². The average molecular weight is 782 g/mol. The van der Waals surface area contributed by atoms with E-state index in [-0.39, 0.29) is 67.6 Å². The van der Waals surface area contributed by atoms with E-state index in [1.165, 1.54) is 39.0 Å². The number of benzene rings is 2. The van der Waals surface area contributed by atoms with Crippen LogP contribution in [0.15, 0.2) is 41.2 Å². The molecule has 2 aromatic carbocycles. The van der Waals surface area contributed by atoms with Crippen LogP contribution in [-0.2, 0) is 26.7 Å². The van der Waals surface area contributed by atoms with Crippen molar-refractivity contribution >= 4 is 44.1 Å². The summed E-state index contributed by atoms with van der Waals surface area (Å²) in [6, 6.07) is 5.36. The first kappa shape index (κ1) is 39.9. The Bertz CT molecular complexity index is 2270. The van der Waals surface area contributed by atoms with E-state index < -0.39 is 88.0 Å². The highest BCUT2D eigenvalue weighted by atomic mass is 35.5. The molecular formula is C35H37ClF5N7O4S. The van der Waals surface area contributed by atoms with Crippen LogP contribution in [0.3, 0.4) is 0 Å². The molecule has 5 N–H and O–H groups in total. The number of aryl methyl sites for hydroxylation is 1. The molecule has 0 bridgehead atoms. The number of nitrogens with one attached hydrogen (secondary N) is 3. The van der Waals surface area contributed by atoms with Gasteiger partial charge in [-0.15, -0.1) is 0 Å². The first-order valence-corrected chi connectivity index (χ1v) is 18.8. The van der Waals surface area contributed by atoms with Crippen LogP contribution >= 0.6 is 11.6 Å². The number of aromatic nitrogens is 3. The van der Waals surface area contributed by atoms with Gasteiger partial charge in [-0.25, -0.2) is 40.3 Å². The molecule has 2 aromatic heterocycles. The molecule has 1 amide bonds. The Kier molecular flexibility index (Phi) is 11.2. The first-order chi connectivity index (χ1) is 24.7. The van der Waals surface area contributed by atoms with Crippen molar-refractivity contribution in [3.63, 3.8) is 0 Å². The monoisotopic (exact) mass is 781 g/mol. The number of hydrogen-bond acceptors (Lipinski definition) is 9. The minimum atomic E-state index is -3.78. The van der Waals surface area contributed by atoms with Gasteiger partial charge in [0.15, 0.2) is 21.2 Å². The number of nitrogens with two attached hydrogens (primary N) is 1. The lowest BCUT2D eigenvalue weighted by atomic mass is 9.81. The van der Waals surface area contributed by atoms with Crippen molar-refractivity contribution in [2.45, 2.75) is 75.8 Å². The Morgan fingerprint density at radius 3 is 2.26 bits per heavy atom. The molecule has 11 nitrogen and oxygen atoms in total. The van der Waals surface area contributed by atoms with Crippen LogP contribution in [0.25, 0.3) is 16.7 Å². The van der Waals surface area contributed by atoms with Crippen LogP contribution < -0.4 is 22.1 Å². The molecule has 0 aliphatic heterocycles. The molecular weight excluding hydrogens is 745 g/mol. The quantitative estimate of drug-likeness (QED) is 0.0681. The zero-order valence-electron chi connectivity index (χ0n) is 29.1. The van der Waals surface area contributed by atoms with Gasteiger partial charge in [0.25, 0.3) is 5.56 Å². The largest absolute Gasteiger partial charge is 0.345 e. The fourth-order valence-electron chi connectivity index (χ4n) is 6.51. The van der Waals surface area contributed by atoms with Crippen molar-refractivity contribution in [2.75, 3.05) is 12.8 Å². The van der Waals surface area contributed by atoms with Crippen LogP contribution in [0, 0.1) is 30.9 Å². The number of nitrogens with zero attached hydrogens (tertiary/aromatic N) is 3. The second-order valence-corrected chi connectivity index (χ2v) is 16.2. The van der Waals surface area contributed by atoms with Crippen LogP contribution in [0.5, 0.6) is 0 Å². The summed E-state index contributed by atoms with van der Waals surface area (Å²) in [5.41, 5.74) is -1.31. The normalized spacial score (nSPS) is 16.7. The van der Waals surface area contributed by atoms with Gasteiger partial charge in [-0.2, -0.15) is 0 Å². The summed E-state index contributed by atoms with van der Waals surface area (Å²) in [5.74, 6) is -0.518. The summed E-state index contributed by atoms with van der Waals surface area (Å²) < 4.78 is 99.2. The van der Waals surface area contributed by atoms with E-state index in [1.807, 2.05) is 0 Å². The molecule has 284 valence electrons. The number of carbonyl (C=O) groups excluding carboxylic acids is 1. The molecule has 0 radical (unpaired) electrons. The predicted octanol–water partition coefficient (Wildman–Crippen LogP) is 5.37. The van der Waals surface area contributed by atoms with Gasteiger partial charge in [0, 0.05) is 37.1 Å². The first-order valence-electron chi connectivity index (χ1n) is 16.4. The van der Waals surface area contributed by atoms with Crippen molar-refractivity contribution in [3.05, 3.63) is 97.2 Å². The Hall–Kier alpha value is -4.32. The molecule has 2 atom stereocenters. The van der Waals surface area contributed by atoms with Gasteiger partial charge in [0.2, 0.25) is 11.8 Å². The Morgan fingerprint density at radius 2 is 1.68 bits per heavy atom. The summed E-state index contributed by atoms with van der Waals surface area (Å²) >= 11 is 6.52. The molecule has 1 saturated carbocycles. The number of amides is 1. The number of pyridine rings is 1. The Morgan fingerprint density at radius 1 is 1.06 bits per heavy atom. The number of carbonyl (C=O) groups is 1. The lowest BCUT2D eigenvalue weighted by Crippen LogP contribution is -2.41. The molecule has 0 saturated heterocycles. The number of sulfone groups is 1. The second kappa shape index (κ2) is 14.8. The van der Waals surface area contributed by atoms with Crippen molar-refractivity contribution in [3.8, 4) is 5.69 Å². The number of rotatable bonds is 11. The van der Waals surface area contributed by atoms with Gasteiger partial charge in [-0.05, 0) is 80.6 Å². The van der Waals surface area contributed by atoms with E-state index >= 15 is 4.39 Å². The zero-order valence-corrected chi connectivity index (χ0v) is 30.7. The van der Waals surface area contributed by atoms with E-state index in [4.69, 9.17) is 22.9 Å². The summed E-state index contributed by atoms with van der Waals surface area (Å²) in [5, 5.41) is 10.0. The number of fused-ring (bicyclic) bond motifs is 1. The molecule has 1 aliphatic rings. The number of alkyl halides is 3. The van der Waals surface area contributed by atoms with E-state index in [0.717, 1.165) is 23.0 Å². The van der Waals surface area contributed by atoms with E-state index in [0.29, 0.717) is 6.07 Å². The van der Waals surface area contributed by atoms with E-state index in [1.54, 1.807) is 0 Å². The van der Waals surface area contributed by atoms with Crippen molar-refractivity contribution in [2.24, 2.45) is 5.84 Å². The van der Waals surface area contributed by atoms with Crippen molar-refractivity contribution in [1.82, 2.24) is 25.3 Å². The molecule has 1 aliphatic carbocycles. The smallest absolute Gasteiger partial charge is 0.267 e. The number of halogens is 6. The van der Waals surface area contributed by atoms with Crippen molar-refractivity contribution < 1.29 is 35.2 Å². The van der Waals surface area contributed by atoms with Crippen LogP contribution in [-0.4, -0.2) is 58.5 Å². The van der Waals surface area contributed by atoms with Crippen molar-refractivity contribution in [1.29, 1.82) is 5.41 Å². The zero-order chi connectivity index (χ0) is 39.2. The highest BCUT2D eigenvalue weighted by molar-refractivity contribution is 7.92. The maximum Gasteiger partial charge on any atom is 0.267 e. The summed E-state index contributed by atoms with van der Waals surface area (Å²) in [7, 11) is -3.78. The highest BCUT2D eigenvalue weighted by Crippen LogP contribution is 2.46. The second-order valence-electron chi connectivity index (χ2n) is 13.4. The molecule has 1 fully saturated rings. The SMILES string of the molecule is Cc1c(-n2c(C(Cc3cc(F)cc(F)c3)NC(=O)CNN)nc3nc(C4(F)CCC(F)(F)CC4)cc(C)c3c2=O)ccc(Cl)c1C(=N)C(C)S(C)(=O)=O. The standard InChI is InChI=1S/C35H37ClF5N7O4S/c1-17-11-26(34(39)7-9-35(40,41)10-8-34)46-31-28(17)33(50)48(25-6-5-23(36)29(18(25)2)30(42)19(3)53(4,51)52)32(47-31)24(45-27(49)16-44-43)14-20-12-21(37)15-22(38)13-20/h5-6,11-13,15,19,24,42,44H,7-10,14,16,43H2,1-4H3,(H,45,49). The minimum absolute atomic E-state index is 0.00109. The van der Waals surface area contributed by atoms with Crippen LogP contribution in [0.2, 0.25) is 5.02 Å². The number of hydrogen-bond donors (Lipinski definition) is 4. The van der Waals surface area contributed by atoms with Gasteiger partial charge in [-0.3, -0.25) is 25.4 Å². The molecule has 18 heteroatoms. The Balaban J connectivity index is 1.84. The van der Waals surface area contributed by atoms with Crippen LogP contribution in [0.4, 0.5) is 22.0 Å². The third-order valence-corrected chi connectivity index (χ3v) is 11.3. The molecule has 4 aromatic rings. The lowest BCUT2D eigenvalue weighted by molar-refractivity contribution is -0.121. The fraction of sp³-hybridized carbons (Fsp3) is 0.400. The molecule has 53 heavy (non-hydrogen) atoms. The fourth-order valence-corrected chi connectivity index (χ4v) is 7.36. The Labute approximate surface area is 306 Å². The van der Waals surface area contributed by atoms with E-state index in [2.05, 4.69) is 20.7 Å². The molecule has 2 heterocycles. The minimum Gasteiger partial charge on any atom is -0.345 e. The van der Waals surface area contributed by atoms with Gasteiger partial charge < -0.3 is 10.7 Å². The molecule has 5 rings (SSSR count). The summed E-state index contributed by atoms with van der Waals surface area (Å²) in [6.07, 6.45) is -1.92. The number of hydrazine groups is 1. The topological polar surface area (TPSA) is 173 Å². The average Bonchev–Trinajstić information content (AvgIpc) is 3.05. The predicted molar refractivity (Wildman–Crippen MR) is 190 cm³/mol. The van der Waals surface area contributed by atoms with Gasteiger partial charge in [-0.1, -0.05) is 11.6 Å². The highest BCUT2D eigenvalue weighted by Gasteiger charge is 2.46. The van der Waals surface area contributed by atoms with Gasteiger partial charge in [0.1, 0.15) is 22.7 Å². The lowest BCUT2D eigenvalue weighted by Gasteiger charge is -2.33. The molecule has 2 unspecified atom stereocenters. The van der Waals surface area contributed by atoms with Crippen LogP contribution in [0.1, 0.15) is 72.4 Å². The third-order valence-electron chi connectivity index (χ3n) is 9.51. The van der Waals surface area contributed by atoms with Gasteiger partial charge >= 0.3 is 0 Å². The van der Waals surface area contributed by atoms with Gasteiger partial charge in [0.05, 0.1) is 40.1 Å². The third kappa shape index (κ3) is 8.27. The maximum absolute atomic E-state index is 16.3.